The monoisotopic (exact) mass is 409 g/mol. The maximum atomic E-state index is 12.4. The number of hydrogen-bond donors (Lipinski definition) is 3. The summed E-state index contributed by atoms with van der Waals surface area (Å²) in [6, 6.07) is 16.8. The first-order chi connectivity index (χ1) is 13.9. The molecule has 29 heavy (non-hydrogen) atoms. The number of thioether (sulfide) groups is 1. The summed E-state index contributed by atoms with van der Waals surface area (Å²) in [6.07, 6.45) is 1.44. The number of nitrogens with one attached hydrogen (secondary N) is 2. The number of rotatable bonds is 7. The molecule has 0 saturated heterocycles. The van der Waals surface area contributed by atoms with E-state index in [0.717, 1.165) is 4.90 Å². The zero-order valence-corrected chi connectivity index (χ0v) is 16.4. The Bertz CT molecular complexity index is 999. The van der Waals surface area contributed by atoms with Crippen LogP contribution in [-0.4, -0.2) is 23.0 Å². The number of amides is 3. The molecule has 0 spiro atoms. The second-order valence-corrected chi connectivity index (χ2v) is 7.56. The third-order valence-corrected chi connectivity index (χ3v) is 5.09. The molecule has 7 nitrogen and oxygen atoms in total. The predicted molar refractivity (Wildman–Crippen MR) is 112 cm³/mol. The molecule has 1 unspecified atom stereocenters. The fourth-order valence-corrected chi connectivity index (χ4v) is 3.30. The van der Waals surface area contributed by atoms with Crippen molar-refractivity contribution in [1.82, 2.24) is 0 Å². The van der Waals surface area contributed by atoms with E-state index in [9.17, 15) is 14.4 Å². The van der Waals surface area contributed by atoms with E-state index >= 15 is 0 Å². The molecule has 0 fully saturated rings. The Kier molecular flexibility index (Phi) is 6.36. The Hall–Kier alpha value is -3.52. The van der Waals surface area contributed by atoms with Crippen LogP contribution in [0, 0.1) is 0 Å². The van der Waals surface area contributed by atoms with Crippen LogP contribution in [0.2, 0.25) is 0 Å². The summed E-state index contributed by atoms with van der Waals surface area (Å²) in [7, 11) is 0. The smallest absolute Gasteiger partial charge is 0.291 e. The molecule has 0 saturated carbocycles. The Morgan fingerprint density at radius 2 is 1.55 bits per heavy atom. The molecular formula is C21H19N3O4S. The minimum absolute atomic E-state index is 0.169. The second-order valence-electron chi connectivity index (χ2n) is 6.15. The van der Waals surface area contributed by atoms with Crippen molar-refractivity contribution in [3.05, 3.63) is 78.3 Å². The number of furan rings is 1. The normalized spacial score (nSPS) is 11.5. The van der Waals surface area contributed by atoms with Gasteiger partial charge >= 0.3 is 0 Å². The molecule has 0 aliphatic rings. The molecule has 1 heterocycles. The van der Waals surface area contributed by atoms with E-state index in [1.54, 1.807) is 55.5 Å². The number of benzene rings is 2. The number of hydrogen-bond acceptors (Lipinski definition) is 5. The topological polar surface area (TPSA) is 114 Å². The maximum Gasteiger partial charge on any atom is 0.291 e. The highest BCUT2D eigenvalue weighted by molar-refractivity contribution is 8.00. The van der Waals surface area contributed by atoms with E-state index in [1.165, 1.54) is 18.0 Å². The van der Waals surface area contributed by atoms with E-state index in [1.807, 2.05) is 12.1 Å². The van der Waals surface area contributed by atoms with Crippen molar-refractivity contribution in [3.63, 3.8) is 0 Å². The fourth-order valence-electron chi connectivity index (χ4n) is 2.44. The molecule has 2 aromatic carbocycles. The van der Waals surface area contributed by atoms with Gasteiger partial charge in [-0.3, -0.25) is 14.4 Å². The highest BCUT2D eigenvalue weighted by Crippen LogP contribution is 2.26. The van der Waals surface area contributed by atoms with Crippen LogP contribution in [0.5, 0.6) is 0 Å². The molecule has 0 aliphatic heterocycles. The highest BCUT2D eigenvalue weighted by Gasteiger charge is 2.15. The van der Waals surface area contributed by atoms with Gasteiger partial charge in [0.1, 0.15) is 0 Å². The Balaban J connectivity index is 1.54. The summed E-state index contributed by atoms with van der Waals surface area (Å²) < 4.78 is 5.05. The lowest BCUT2D eigenvalue weighted by atomic mass is 10.2. The van der Waals surface area contributed by atoms with E-state index in [2.05, 4.69) is 10.6 Å². The Morgan fingerprint density at radius 3 is 2.14 bits per heavy atom. The van der Waals surface area contributed by atoms with Gasteiger partial charge in [-0.05, 0) is 67.6 Å². The third-order valence-electron chi connectivity index (χ3n) is 3.98. The van der Waals surface area contributed by atoms with Crippen LogP contribution in [0.15, 0.2) is 76.2 Å². The van der Waals surface area contributed by atoms with Crippen molar-refractivity contribution >= 4 is 40.9 Å². The maximum absolute atomic E-state index is 12.4. The van der Waals surface area contributed by atoms with Crippen molar-refractivity contribution in [3.8, 4) is 0 Å². The van der Waals surface area contributed by atoms with Crippen LogP contribution in [0.3, 0.4) is 0 Å². The molecule has 0 aliphatic carbocycles. The lowest BCUT2D eigenvalue weighted by molar-refractivity contribution is -0.115. The van der Waals surface area contributed by atoms with Gasteiger partial charge in [-0.15, -0.1) is 11.8 Å². The number of anilines is 2. The van der Waals surface area contributed by atoms with E-state index in [0.29, 0.717) is 16.9 Å². The van der Waals surface area contributed by atoms with Crippen LogP contribution in [0.4, 0.5) is 11.4 Å². The Morgan fingerprint density at radius 1 is 0.931 bits per heavy atom. The van der Waals surface area contributed by atoms with Crippen molar-refractivity contribution < 1.29 is 18.8 Å². The van der Waals surface area contributed by atoms with Crippen LogP contribution >= 0.6 is 11.8 Å². The molecule has 1 atom stereocenters. The van der Waals surface area contributed by atoms with Gasteiger partial charge in [0.25, 0.3) is 5.91 Å². The average molecular weight is 409 g/mol. The summed E-state index contributed by atoms with van der Waals surface area (Å²) in [5.41, 5.74) is 6.80. The minimum Gasteiger partial charge on any atom is -0.459 e. The molecule has 1 aromatic heterocycles. The summed E-state index contributed by atoms with van der Waals surface area (Å²) in [4.78, 5) is 36.3. The summed E-state index contributed by atoms with van der Waals surface area (Å²) in [5.74, 6) is -0.782. The average Bonchev–Trinajstić information content (AvgIpc) is 3.25. The van der Waals surface area contributed by atoms with Crippen LogP contribution in [0.1, 0.15) is 27.8 Å². The first-order valence-electron chi connectivity index (χ1n) is 8.74. The van der Waals surface area contributed by atoms with Gasteiger partial charge in [-0.1, -0.05) is 0 Å². The lowest BCUT2D eigenvalue weighted by Crippen LogP contribution is -2.22. The summed E-state index contributed by atoms with van der Waals surface area (Å²) >= 11 is 1.39. The van der Waals surface area contributed by atoms with Crippen LogP contribution < -0.4 is 16.4 Å². The fraction of sp³-hybridized carbons (Fsp3) is 0.0952. The van der Waals surface area contributed by atoms with Gasteiger partial charge in [-0.25, -0.2) is 0 Å². The second kappa shape index (κ2) is 9.11. The van der Waals surface area contributed by atoms with Gasteiger partial charge < -0.3 is 20.8 Å². The minimum atomic E-state index is -0.518. The zero-order valence-electron chi connectivity index (χ0n) is 15.5. The van der Waals surface area contributed by atoms with Crippen molar-refractivity contribution in [2.45, 2.75) is 17.1 Å². The lowest BCUT2D eigenvalue weighted by Gasteiger charge is -2.13. The number of carbonyl (C=O) groups excluding carboxylic acids is 3. The molecule has 0 radical (unpaired) electrons. The first kappa shape index (κ1) is 20.2. The van der Waals surface area contributed by atoms with Gasteiger partial charge in [0, 0.05) is 21.8 Å². The van der Waals surface area contributed by atoms with Crippen LogP contribution in [0.25, 0.3) is 0 Å². The third kappa shape index (κ3) is 5.49. The molecule has 3 aromatic rings. The summed E-state index contributed by atoms with van der Waals surface area (Å²) in [5, 5.41) is 5.19. The molecule has 3 amide bonds. The van der Waals surface area contributed by atoms with Crippen LogP contribution in [-0.2, 0) is 4.79 Å². The van der Waals surface area contributed by atoms with Gasteiger partial charge in [-0.2, -0.15) is 0 Å². The molecular weight excluding hydrogens is 390 g/mol. The first-order valence-corrected chi connectivity index (χ1v) is 9.62. The van der Waals surface area contributed by atoms with E-state index < -0.39 is 5.91 Å². The van der Waals surface area contributed by atoms with E-state index in [4.69, 9.17) is 10.2 Å². The van der Waals surface area contributed by atoms with Crippen molar-refractivity contribution in [2.24, 2.45) is 5.73 Å². The van der Waals surface area contributed by atoms with Crippen molar-refractivity contribution in [2.75, 3.05) is 10.6 Å². The highest BCUT2D eigenvalue weighted by atomic mass is 32.2. The van der Waals surface area contributed by atoms with Gasteiger partial charge in [0.15, 0.2) is 5.76 Å². The predicted octanol–water partition coefficient (Wildman–Crippen LogP) is 3.75. The van der Waals surface area contributed by atoms with Crippen molar-refractivity contribution in [1.29, 1.82) is 0 Å². The summed E-state index contributed by atoms with van der Waals surface area (Å²) in [6.45, 7) is 1.80. The van der Waals surface area contributed by atoms with Gasteiger partial charge in [0.05, 0.1) is 11.5 Å². The molecule has 3 rings (SSSR count). The zero-order chi connectivity index (χ0) is 20.8. The quantitative estimate of drug-likeness (QED) is 0.514. The van der Waals surface area contributed by atoms with E-state index in [-0.39, 0.29) is 22.8 Å². The standard InChI is InChI=1S/C21H19N3O4S/c1-13(20(26)23-15-6-4-14(5-7-15)19(22)25)29-17-10-8-16(9-11-17)24-21(27)18-3-2-12-28-18/h2-13H,1H3,(H2,22,25)(H,23,26)(H,24,27). The number of carbonyl (C=O) groups is 3. The van der Waals surface area contributed by atoms with Gasteiger partial charge in [0.2, 0.25) is 11.8 Å². The largest absolute Gasteiger partial charge is 0.459 e. The molecule has 148 valence electrons. The number of nitrogens with two attached hydrogens (primary N) is 1. The SMILES string of the molecule is CC(Sc1ccc(NC(=O)c2ccco2)cc1)C(=O)Nc1ccc(C(N)=O)cc1. The molecule has 8 heteroatoms. The molecule has 0 bridgehead atoms. The molecule has 4 N–H and O–H groups in total. The number of primary amides is 1. The Labute approximate surface area is 171 Å².